The van der Waals surface area contributed by atoms with E-state index in [0.717, 1.165) is 60.8 Å². The quantitative estimate of drug-likeness (QED) is 0.305. The number of benzene rings is 1. The molecule has 0 saturated carbocycles. The summed E-state index contributed by atoms with van der Waals surface area (Å²) in [5, 5.41) is 6.98. The molecule has 7 heteroatoms. The molecule has 1 saturated heterocycles. The molecule has 0 unspecified atom stereocenters. The topological polar surface area (TPSA) is 52.6 Å². The second-order valence-corrected chi connectivity index (χ2v) is 8.20. The molecule has 29 heavy (non-hydrogen) atoms. The molecule has 0 aliphatic carbocycles. The molecule has 1 aliphatic rings. The third kappa shape index (κ3) is 8.22. The van der Waals surface area contributed by atoms with Gasteiger partial charge in [0.05, 0.1) is 12.2 Å². The second-order valence-electron chi connectivity index (χ2n) is 7.29. The summed E-state index contributed by atoms with van der Waals surface area (Å²) in [6.07, 6.45) is 2.26. The van der Waals surface area contributed by atoms with Gasteiger partial charge in [0.15, 0.2) is 5.96 Å². The van der Waals surface area contributed by atoms with E-state index in [2.05, 4.69) is 67.6 Å². The first-order valence-electron chi connectivity index (χ1n) is 10.1. The molecule has 0 radical (unpaired) electrons. The molecule has 3 rings (SSSR count). The van der Waals surface area contributed by atoms with Crippen LogP contribution < -0.4 is 10.6 Å². The van der Waals surface area contributed by atoms with Gasteiger partial charge in [0.2, 0.25) is 0 Å². The maximum absolute atomic E-state index is 4.73. The van der Waals surface area contributed by atoms with Crippen LogP contribution in [0, 0.1) is 6.92 Å². The Labute approximate surface area is 199 Å². The van der Waals surface area contributed by atoms with E-state index < -0.39 is 0 Å². The molecule has 0 amide bonds. The molecular formula is C22H31BrIN5. The number of piperidine rings is 1. The number of nitrogens with zero attached hydrogens (tertiary/aromatic N) is 3. The third-order valence-electron chi connectivity index (χ3n) is 4.94. The highest BCUT2D eigenvalue weighted by molar-refractivity contribution is 14.0. The SMILES string of the molecule is CCNC(=NCc1cccc(C)n1)NC1CCN(Cc2ccc(Br)cc2)CC1.I. The maximum Gasteiger partial charge on any atom is 0.191 e. The van der Waals surface area contributed by atoms with Crippen LogP contribution in [0.4, 0.5) is 0 Å². The molecule has 1 aromatic heterocycles. The Hall–Kier alpha value is -1.19. The molecule has 2 heterocycles. The van der Waals surface area contributed by atoms with Crippen molar-refractivity contribution >= 4 is 45.9 Å². The number of halogens is 2. The zero-order valence-electron chi connectivity index (χ0n) is 17.2. The number of nitrogens with one attached hydrogen (secondary N) is 2. The second kappa shape index (κ2) is 12.5. The average Bonchev–Trinajstić information content (AvgIpc) is 2.70. The molecule has 2 aromatic rings. The summed E-state index contributed by atoms with van der Waals surface area (Å²) in [5.74, 6) is 0.886. The average molecular weight is 572 g/mol. The minimum Gasteiger partial charge on any atom is -0.357 e. The van der Waals surface area contributed by atoms with E-state index in [0.29, 0.717) is 12.6 Å². The lowest BCUT2D eigenvalue weighted by molar-refractivity contribution is 0.198. The Morgan fingerprint density at radius 1 is 1.17 bits per heavy atom. The monoisotopic (exact) mass is 571 g/mol. The standard InChI is InChI=1S/C22H30BrN5.HI/c1-3-24-22(25-15-21-6-4-5-17(2)26-21)27-20-11-13-28(14-12-20)16-18-7-9-19(23)10-8-18;/h4-10,20H,3,11-16H2,1-2H3,(H2,24,25,27);1H. The van der Waals surface area contributed by atoms with Crippen LogP contribution in [0.25, 0.3) is 0 Å². The van der Waals surface area contributed by atoms with Crippen LogP contribution >= 0.6 is 39.9 Å². The van der Waals surface area contributed by atoms with Gasteiger partial charge in [-0.2, -0.15) is 0 Å². The van der Waals surface area contributed by atoms with Gasteiger partial charge < -0.3 is 10.6 Å². The largest absolute Gasteiger partial charge is 0.357 e. The highest BCUT2D eigenvalue weighted by atomic mass is 127. The fourth-order valence-corrected chi connectivity index (χ4v) is 3.71. The molecule has 0 bridgehead atoms. The minimum atomic E-state index is 0. The van der Waals surface area contributed by atoms with E-state index in [1.165, 1.54) is 5.56 Å². The molecule has 1 aliphatic heterocycles. The molecule has 1 aromatic carbocycles. The Morgan fingerprint density at radius 3 is 2.55 bits per heavy atom. The van der Waals surface area contributed by atoms with Crippen molar-refractivity contribution in [3.05, 3.63) is 63.9 Å². The van der Waals surface area contributed by atoms with E-state index in [9.17, 15) is 0 Å². The van der Waals surface area contributed by atoms with Crippen LogP contribution in [0.5, 0.6) is 0 Å². The van der Waals surface area contributed by atoms with Crippen molar-refractivity contribution in [3.63, 3.8) is 0 Å². The van der Waals surface area contributed by atoms with Crippen LogP contribution in [-0.2, 0) is 13.1 Å². The minimum absolute atomic E-state index is 0. The summed E-state index contributed by atoms with van der Waals surface area (Å²) in [6.45, 7) is 8.79. The van der Waals surface area contributed by atoms with Gasteiger partial charge in [0.1, 0.15) is 0 Å². The van der Waals surface area contributed by atoms with E-state index in [4.69, 9.17) is 4.99 Å². The Morgan fingerprint density at radius 2 is 1.90 bits per heavy atom. The molecule has 158 valence electrons. The van der Waals surface area contributed by atoms with Crippen molar-refractivity contribution in [2.24, 2.45) is 4.99 Å². The highest BCUT2D eigenvalue weighted by Crippen LogP contribution is 2.16. The van der Waals surface area contributed by atoms with Gasteiger partial charge in [-0.1, -0.05) is 34.1 Å². The predicted octanol–water partition coefficient (Wildman–Crippen LogP) is 4.49. The smallest absolute Gasteiger partial charge is 0.191 e. The predicted molar refractivity (Wildman–Crippen MR) is 135 cm³/mol. The van der Waals surface area contributed by atoms with Crippen LogP contribution in [0.2, 0.25) is 0 Å². The molecule has 2 N–H and O–H groups in total. The van der Waals surface area contributed by atoms with E-state index in [-0.39, 0.29) is 24.0 Å². The first kappa shape index (κ1) is 24.1. The van der Waals surface area contributed by atoms with E-state index >= 15 is 0 Å². The zero-order chi connectivity index (χ0) is 19.8. The number of aryl methyl sites for hydroxylation is 1. The van der Waals surface area contributed by atoms with Gasteiger partial charge in [-0.15, -0.1) is 24.0 Å². The van der Waals surface area contributed by atoms with Gasteiger partial charge in [-0.25, -0.2) is 4.99 Å². The number of rotatable bonds is 6. The summed E-state index contributed by atoms with van der Waals surface area (Å²) in [5.41, 5.74) is 3.40. The fourth-order valence-electron chi connectivity index (χ4n) is 3.44. The van der Waals surface area contributed by atoms with Crippen molar-refractivity contribution in [1.82, 2.24) is 20.5 Å². The van der Waals surface area contributed by atoms with Crippen LogP contribution in [0.1, 0.15) is 36.7 Å². The molecule has 1 fully saturated rings. The highest BCUT2D eigenvalue weighted by Gasteiger charge is 2.20. The van der Waals surface area contributed by atoms with Gasteiger partial charge >= 0.3 is 0 Å². The Bertz CT molecular complexity index is 773. The number of guanidine groups is 1. The molecule has 0 atom stereocenters. The van der Waals surface area contributed by atoms with Crippen LogP contribution in [0.3, 0.4) is 0 Å². The van der Waals surface area contributed by atoms with Gasteiger partial charge in [0, 0.05) is 42.4 Å². The van der Waals surface area contributed by atoms with Crippen molar-refractivity contribution in [2.75, 3.05) is 19.6 Å². The summed E-state index contributed by atoms with van der Waals surface area (Å²) in [4.78, 5) is 11.8. The zero-order valence-corrected chi connectivity index (χ0v) is 21.1. The number of aliphatic imine (C=N–C) groups is 1. The number of aromatic nitrogens is 1. The Balaban J connectivity index is 0.00000300. The summed E-state index contributed by atoms with van der Waals surface area (Å²) < 4.78 is 1.13. The fraction of sp³-hybridized carbons (Fsp3) is 0.455. The lowest BCUT2D eigenvalue weighted by atomic mass is 10.0. The number of pyridine rings is 1. The first-order valence-corrected chi connectivity index (χ1v) is 10.9. The number of hydrogen-bond donors (Lipinski definition) is 2. The lowest BCUT2D eigenvalue weighted by Crippen LogP contribution is -2.48. The maximum atomic E-state index is 4.73. The molecule has 0 spiro atoms. The van der Waals surface area contributed by atoms with Gasteiger partial charge in [-0.3, -0.25) is 9.88 Å². The van der Waals surface area contributed by atoms with Crippen molar-refractivity contribution in [1.29, 1.82) is 0 Å². The normalized spacial score (nSPS) is 15.6. The summed E-state index contributed by atoms with van der Waals surface area (Å²) in [7, 11) is 0. The van der Waals surface area contributed by atoms with Crippen molar-refractivity contribution < 1.29 is 0 Å². The summed E-state index contributed by atoms with van der Waals surface area (Å²) in [6, 6.07) is 15.2. The van der Waals surface area contributed by atoms with Gasteiger partial charge in [0.25, 0.3) is 0 Å². The van der Waals surface area contributed by atoms with E-state index in [1.54, 1.807) is 0 Å². The number of likely N-dealkylation sites (tertiary alicyclic amines) is 1. The summed E-state index contributed by atoms with van der Waals surface area (Å²) >= 11 is 3.50. The van der Waals surface area contributed by atoms with Crippen molar-refractivity contribution in [2.45, 2.75) is 45.8 Å². The first-order chi connectivity index (χ1) is 13.6. The van der Waals surface area contributed by atoms with Crippen LogP contribution in [0.15, 0.2) is 51.9 Å². The van der Waals surface area contributed by atoms with Crippen LogP contribution in [-0.4, -0.2) is 41.5 Å². The van der Waals surface area contributed by atoms with Gasteiger partial charge in [-0.05, 0) is 56.5 Å². The number of hydrogen-bond acceptors (Lipinski definition) is 3. The molecular weight excluding hydrogens is 541 g/mol. The molecule has 5 nitrogen and oxygen atoms in total. The Kier molecular flexibility index (Phi) is 10.4. The lowest BCUT2D eigenvalue weighted by Gasteiger charge is -2.33. The van der Waals surface area contributed by atoms with Crippen molar-refractivity contribution in [3.8, 4) is 0 Å². The third-order valence-corrected chi connectivity index (χ3v) is 5.47. The van der Waals surface area contributed by atoms with E-state index in [1.807, 2.05) is 25.1 Å².